The molecule has 88 valence electrons. The summed E-state index contributed by atoms with van der Waals surface area (Å²) in [6.45, 7) is 6.45. The third kappa shape index (κ3) is 2.97. The van der Waals surface area contributed by atoms with Crippen LogP contribution < -0.4 is 10.1 Å². The summed E-state index contributed by atoms with van der Waals surface area (Å²) in [5.41, 5.74) is 0. The summed E-state index contributed by atoms with van der Waals surface area (Å²) >= 11 is 0. The highest BCUT2D eigenvalue weighted by molar-refractivity contribution is 5.21. The second-order valence-electron chi connectivity index (χ2n) is 4.08. The van der Waals surface area contributed by atoms with Gasteiger partial charge in [-0.05, 0) is 18.6 Å². The molecular weight excluding hydrogens is 200 g/mol. The monoisotopic (exact) mass is 220 g/mol. The number of nitrogens with zero attached hydrogens (tertiary/aromatic N) is 1. The third-order valence-corrected chi connectivity index (χ3v) is 2.92. The van der Waals surface area contributed by atoms with Gasteiger partial charge < -0.3 is 10.1 Å². The van der Waals surface area contributed by atoms with Crippen LogP contribution in [-0.2, 0) is 0 Å². The molecule has 0 radical (unpaired) electrons. The van der Waals surface area contributed by atoms with Crippen LogP contribution in [0.4, 0.5) is 0 Å². The smallest absolute Gasteiger partial charge is 0.152 e. The number of ether oxygens (including phenoxy) is 1. The molecule has 0 amide bonds. The number of hydrogen-bond donors (Lipinski definition) is 1. The van der Waals surface area contributed by atoms with Crippen LogP contribution in [0.15, 0.2) is 30.3 Å². The Hall–Kier alpha value is -1.06. The first-order valence-corrected chi connectivity index (χ1v) is 6.06. The topological polar surface area (TPSA) is 24.5 Å². The number of nitrogens with one attached hydrogen (secondary N) is 1. The molecule has 0 saturated carbocycles. The van der Waals surface area contributed by atoms with Crippen LogP contribution >= 0.6 is 0 Å². The van der Waals surface area contributed by atoms with E-state index in [1.54, 1.807) is 0 Å². The molecule has 0 aliphatic carbocycles. The molecule has 1 heterocycles. The summed E-state index contributed by atoms with van der Waals surface area (Å²) in [5, 5.41) is 3.36. The summed E-state index contributed by atoms with van der Waals surface area (Å²) in [5.74, 6) is 0.966. The van der Waals surface area contributed by atoms with Gasteiger partial charge in [-0.1, -0.05) is 25.1 Å². The maximum Gasteiger partial charge on any atom is 0.152 e. The van der Waals surface area contributed by atoms with E-state index in [2.05, 4.69) is 17.1 Å². The molecule has 1 aromatic rings. The van der Waals surface area contributed by atoms with Gasteiger partial charge in [0.1, 0.15) is 5.75 Å². The molecule has 3 nitrogen and oxygen atoms in total. The van der Waals surface area contributed by atoms with Crippen molar-refractivity contribution in [3.05, 3.63) is 30.3 Å². The molecule has 0 aromatic heterocycles. The first-order chi connectivity index (χ1) is 7.90. The van der Waals surface area contributed by atoms with Crippen LogP contribution in [0.2, 0.25) is 0 Å². The van der Waals surface area contributed by atoms with Gasteiger partial charge in [0.2, 0.25) is 0 Å². The van der Waals surface area contributed by atoms with Crippen molar-refractivity contribution >= 4 is 0 Å². The number of piperazine rings is 1. The molecule has 1 aromatic carbocycles. The lowest BCUT2D eigenvalue weighted by Gasteiger charge is -2.34. The number of benzene rings is 1. The van der Waals surface area contributed by atoms with Crippen molar-refractivity contribution in [2.75, 3.05) is 26.2 Å². The average Bonchev–Trinajstić information content (AvgIpc) is 2.38. The minimum Gasteiger partial charge on any atom is -0.475 e. The Bertz CT molecular complexity index is 296. The van der Waals surface area contributed by atoms with Gasteiger partial charge in [-0.2, -0.15) is 0 Å². The van der Waals surface area contributed by atoms with Crippen molar-refractivity contribution in [3.63, 3.8) is 0 Å². The minimum absolute atomic E-state index is 0.212. The van der Waals surface area contributed by atoms with E-state index in [0.29, 0.717) is 0 Å². The quantitative estimate of drug-likeness (QED) is 0.836. The van der Waals surface area contributed by atoms with Crippen molar-refractivity contribution in [2.24, 2.45) is 0 Å². The van der Waals surface area contributed by atoms with E-state index in [9.17, 15) is 0 Å². The molecule has 0 spiro atoms. The van der Waals surface area contributed by atoms with Gasteiger partial charge in [0.05, 0.1) is 0 Å². The molecule has 1 unspecified atom stereocenters. The fourth-order valence-corrected chi connectivity index (χ4v) is 2.04. The van der Waals surface area contributed by atoms with Gasteiger partial charge in [0, 0.05) is 26.2 Å². The summed E-state index contributed by atoms with van der Waals surface area (Å²) in [6.07, 6.45) is 1.24. The van der Waals surface area contributed by atoms with E-state index in [1.807, 2.05) is 30.3 Å². The lowest BCUT2D eigenvalue weighted by Crippen LogP contribution is -2.50. The number of hydrogen-bond acceptors (Lipinski definition) is 3. The molecule has 1 saturated heterocycles. The Morgan fingerprint density at radius 2 is 1.94 bits per heavy atom. The van der Waals surface area contributed by atoms with E-state index in [0.717, 1.165) is 38.3 Å². The van der Waals surface area contributed by atoms with Crippen molar-refractivity contribution in [1.29, 1.82) is 0 Å². The summed E-state index contributed by atoms with van der Waals surface area (Å²) in [6, 6.07) is 10.1. The van der Waals surface area contributed by atoms with E-state index >= 15 is 0 Å². The second kappa shape index (κ2) is 5.87. The Morgan fingerprint density at radius 1 is 1.25 bits per heavy atom. The fraction of sp³-hybridized carbons (Fsp3) is 0.538. The zero-order chi connectivity index (χ0) is 11.2. The molecule has 1 aliphatic rings. The van der Waals surface area contributed by atoms with E-state index < -0.39 is 0 Å². The van der Waals surface area contributed by atoms with Gasteiger partial charge >= 0.3 is 0 Å². The van der Waals surface area contributed by atoms with Crippen molar-refractivity contribution in [2.45, 2.75) is 19.6 Å². The highest BCUT2D eigenvalue weighted by atomic mass is 16.5. The lowest BCUT2D eigenvalue weighted by atomic mass is 10.3. The highest BCUT2D eigenvalue weighted by Crippen LogP contribution is 2.15. The zero-order valence-corrected chi connectivity index (χ0v) is 9.86. The molecule has 3 heteroatoms. The molecule has 1 fully saturated rings. The van der Waals surface area contributed by atoms with Gasteiger partial charge in [-0.3, -0.25) is 4.90 Å². The normalized spacial score (nSPS) is 19.3. The highest BCUT2D eigenvalue weighted by Gasteiger charge is 2.19. The van der Waals surface area contributed by atoms with Crippen molar-refractivity contribution in [3.8, 4) is 5.75 Å². The predicted octanol–water partition coefficient (Wildman–Crippen LogP) is 1.71. The standard InChI is InChI=1S/C13H20N2O/c1-2-13(15-10-8-14-9-11-15)16-12-6-4-3-5-7-12/h3-7,13-14H,2,8-11H2,1H3. The second-order valence-corrected chi connectivity index (χ2v) is 4.08. The molecular formula is C13H20N2O. The molecule has 1 N–H and O–H groups in total. The van der Waals surface area contributed by atoms with Gasteiger partial charge in [0.15, 0.2) is 6.23 Å². The first kappa shape index (κ1) is 11.4. The Kier molecular flexibility index (Phi) is 4.19. The van der Waals surface area contributed by atoms with E-state index in [-0.39, 0.29) is 6.23 Å². The van der Waals surface area contributed by atoms with Crippen molar-refractivity contribution < 1.29 is 4.74 Å². The lowest BCUT2D eigenvalue weighted by molar-refractivity contribution is 0.0144. The molecule has 16 heavy (non-hydrogen) atoms. The molecule has 1 aliphatic heterocycles. The van der Waals surface area contributed by atoms with Crippen LogP contribution in [0.1, 0.15) is 13.3 Å². The summed E-state index contributed by atoms with van der Waals surface area (Å²) < 4.78 is 6.00. The SMILES string of the molecule is CCC(Oc1ccccc1)N1CCNCC1. The molecule has 2 rings (SSSR count). The molecule has 0 bridgehead atoms. The predicted molar refractivity (Wildman–Crippen MR) is 65.6 cm³/mol. The Morgan fingerprint density at radius 3 is 2.56 bits per heavy atom. The van der Waals surface area contributed by atoms with E-state index in [1.165, 1.54) is 0 Å². The van der Waals surface area contributed by atoms with Crippen LogP contribution in [0.5, 0.6) is 5.75 Å². The number of rotatable bonds is 4. The Balaban J connectivity index is 1.94. The Labute approximate surface area is 97.4 Å². The van der Waals surface area contributed by atoms with Gasteiger partial charge in [-0.25, -0.2) is 0 Å². The third-order valence-electron chi connectivity index (χ3n) is 2.92. The van der Waals surface area contributed by atoms with Crippen LogP contribution in [0.3, 0.4) is 0 Å². The van der Waals surface area contributed by atoms with Crippen LogP contribution in [0, 0.1) is 0 Å². The summed E-state index contributed by atoms with van der Waals surface area (Å²) in [7, 11) is 0. The largest absolute Gasteiger partial charge is 0.475 e. The average molecular weight is 220 g/mol. The van der Waals surface area contributed by atoms with Gasteiger partial charge in [-0.15, -0.1) is 0 Å². The number of para-hydroxylation sites is 1. The maximum atomic E-state index is 6.00. The van der Waals surface area contributed by atoms with Gasteiger partial charge in [0.25, 0.3) is 0 Å². The summed E-state index contributed by atoms with van der Waals surface area (Å²) in [4.78, 5) is 2.41. The minimum atomic E-state index is 0.212. The van der Waals surface area contributed by atoms with Crippen LogP contribution in [-0.4, -0.2) is 37.3 Å². The van der Waals surface area contributed by atoms with Crippen LogP contribution in [0.25, 0.3) is 0 Å². The van der Waals surface area contributed by atoms with Crippen molar-refractivity contribution in [1.82, 2.24) is 10.2 Å². The van der Waals surface area contributed by atoms with E-state index in [4.69, 9.17) is 4.74 Å². The fourth-order valence-electron chi connectivity index (χ4n) is 2.04. The first-order valence-electron chi connectivity index (χ1n) is 6.06. The molecule has 1 atom stereocenters. The zero-order valence-electron chi connectivity index (χ0n) is 9.86. The maximum absolute atomic E-state index is 6.00.